The van der Waals surface area contributed by atoms with Crippen molar-refractivity contribution in [2.24, 2.45) is 0 Å². The highest BCUT2D eigenvalue weighted by Crippen LogP contribution is 2.34. The van der Waals surface area contributed by atoms with Crippen molar-refractivity contribution in [1.29, 1.82) is 0 Å². The first-order chi connectivity index (χ1) is 13.6. The van der Waals surface area contributed by atoms with Crippen molar-refractivity contribution in [1.82, 2.24) is 4.57 Å². The lowest BCUT2D eigenvalue weighted by molar-refractivity contribution is -0.385. The summed E-state index contributed by atoms with van der Waals surface area (Å²) in [5.74, 6) is 1.02. The predicted molar refractivity (Wildman–Crippen MR) is 108 cm³/mol. The molecule has 1 aliphatic rings. The Bertz CT molecular complexity index is 1070. The first-order valence-electron chi connectivity index (χ1n) is 9.38. The fraction of sp³-hybridized carbons (Fsp3) is 0.300. The number of para-hydroxylation sites is 1. The van der Waals surface area contributed by atoms with Crippen LogP contribution in [0.3, 0.4) is 0 Å². The summed E-state index contributed by atoms with van der Waals surface area (Å²) in [7, 11) is 0. The van der Waals surface area contributed by atoms with E-state index in [1.165, 1.54) is 4.57 Å². The number of benzene rings is 1. The van der Waals surface area contributed by atoms with Crippen LogP contribution in [0.4, 0.5) is 17.2 Å². The van der Waals surface area contributed by atoms with Gasteiger partial charge in [0.25, 0.3) is 5.82 Å². The minimum Gasteiger partial charge on any atom is -0.357 e. The Morgan fingerprint density at radius 2 is 1.71 bits per heavy atom. The van der Waals surface area contributed by atoms with E-state index < -0.39 is 10.5 Å². The molecule has 8 nitrogen and oxygen atoms in total. The largest absolute Gasteiger partial charge is 0.357 e. The number of aromatic amines is 1. The van der Waals surface area contributed by atoms with E-state index in [0.29, 0.717) is 38.4 Å². The van der Waals surface area contributed by atoms with Gasteiger partial charge >= 0.3 is 11.2 Å². The quantitative estimate of drug-likeness (QED) is 0.511. The molecular formula is C20H22N5O3+. The molecule has 28 heavy (non-hydrogen) atoms. The van der Waals surface area contributed by atoms with Gasteiger partial charge in [-0.25, -0.2) is 4.98 Å². The average Bonchev–Trinajstić information content (AvgIpc) is 2.73. The second-order valence-corrected chi connectivity index (χ2v) is 6.74. The molecule has 0 saturated carbocycles. The van der Waals surface area contributed by atoms with Crippen LogP contribution in [-0.2, 0) is 6.54 Å². The summed E-state index contributed by atoms with van der Waals surface area (Å²) in [6.07, 6.45) is 1.88. The first-order valence-corrected chi connectivity index (χ1v) is 9.38. The molecular weight excluding hydrogens is 358 g/mol. The number of rotatable bonds is 4. The van der Waals surface area contributed by atoms with Gasteiger partial charge in [-0.3, -0.25) is 19.8 Å². The molecule has 1 N–H and O–H groups in total. The Kier molecular flexibility index (Phi) is 4.68. The van der Waals surface area contributed by atoms with E-state index in [9.17, 15) is 14.9 Å². The number of nitrogens with one attached hydrogen (secondary N) is 1. The summed E-state index contributed by atoms with van der Waals surface area (Å²) in [6.45, 7) is 4.84. The summed E-state index contributed by atoms with van der Waals surface area (Å²) in [5, 5.41) is 12.6. The van der Waals surface area contributed by atoms with Gasteiger partial charge in [-0.2, -0.15) is 0 Å². The van der Waals surface area contributed by atoms with Crippen LogP contribution >= 0.6 is 0 Å². The molecule has 1 aliphatic heterocycles. The molecule has 0 atom stereocenters. The number of pyridine rings is 2. The Hall–Kier alpha value is -3.42. The number of aryl methyl sites for hydroxylation is 1. The summed E-state index contributed by atoms with van der Waals surface area (Å²) in [4.78, 5) is 31.6. The first kappa shape index (κ1) is 18.0. The standard InChI is InChI=1S/C20H21N5O3/c1-2-24-16-8-4-3-7-15(16)18(19(20(24)26)25(27)28)23-13-11-22(12-14-23)17-9-5-6-10-21-17/h3-10H,2,11-14H2,1H3/p+1. The van der Waals surface area contributed by atoms with Crippen LogP contribution in [0.2, 0.25) is 0 Å². The number of H-pyrrole nitrogens is 1. The van der Waals surface area contributed by atoms with Crippen LogP contribution in [0, 0.1) is 10.1 Å². The maximum atomic E-state index is 12.9. The van der Waals surface area contributed by atoms with Crippen molar-refractivity contribution >= 4 is 28.1 Å². The lowest BCUT2D eigenvalue weighted by atomic mass is 10.1. The minimum atomic E-state index is -0.542. The molecule has 4 rings (SSSR count). The third-order valence-electron chi connectivity index (χ3n) is 5.25. The summed E-state index contributed by atoms with van der Waals surface area (Å²) in [6, 6.07) is 13.3. The molecule has 0 amide bonds. The number of nitrogens with zero attached hydrogens (tertiary/aromatic N) is 4. The van der Waals surface area contributed by atoms with E-state index in [-0.39, 0.29) is 5.69 Å². The molecule has 144 valence electrons. The summed E-state index contributed by atoms with van der Waals surface area (Å²) < 4.78 is 1.48. The number of anilines is 2. The second-order valence-electron chi connectivity index (χ2n) is 6.74. The van der Waals surface area contributed by atoms with E-state index in [1.807, 2.05) is 60.5 Å². The Morgan fingerprint density at radius 1 is 1.04 bits per heavy atom. The minimum absolute atomic E-state index is 0.333. The molecule has 0 spiro atoms. The number of hydrogen-bond acceptors (Lipinski definition) is 5. The average molecular weight is 380 g/mol. The van der Waals surface area contributed by atoms with E-state index in [4.69, 9.17) is 0 Å². The van der Waals surface area contributed by atoms with Crippen molar-refractivity contribution in [3.8, 4) is 0 Å². The Balaban J connectivity index is 1.78. The second kappa shape index (κ2) is 7.30. The topological polar surface area (TPSA) is 85.8 Å². The van der Waals surface area contributed by atoms with Crippen LogP contribution in [0.5, 0.6) is 0 Å². The number of fused-ring (bicyclic) bond motifs is 1. The van der Waals surface area contributed by atoms with Gasteiger partial charge in [-0.05, 0) is 19.1 Å². The number of aromatic nitrogens is 2. The SMILES string of the molecule is CCn1c(=O)c([N+](=O)[O-])c(N2CCN(c3cccc[nH+]3)CC2)c2ccccc21. The van der Waals surface area contributed by atoms with Crippen LogP contribution in [0.15, 0.2) is 53.5 Å². The van der Waals surface area contributed by atoms with Gasteiger partial charge in [0, 0.05) is 18.0 Å². The third kappa shape index (κ3) is 2.96. The molecule has 3 aromatic rings. The number of piperazine rings is 1. The van der Waals surface area contributed by atoms with E-state index in [2.05, 4.69) is 9.88 Å². The van der Waals surface area contributed by atoms with Gasteiger partial charge in [-0.15, -0.1) is 0 Å². The highest BCUT2D eigenvalue weighted by molar-refractivity contribution is 5.96. The van der Waals surface area contributed by atoms with Gasteiger partial charge in [0.15, 0.2) is 0 Å². The van der Waals surface area contributed by atoms with Crippen molar-refractivity contribution in [3.05, 3.63) is 69.1 Å². The molecule has 1 saturated heterocycles. The van der Waals surface area contributed by atoms with Gasteiger partial charge in [0.1, 0.15) is 18.8 Å². The molecule has 0 bridgehead atoms. The zero-order chi connectivity index (χ0) is 19.7. The fourth-order valence-electron chi connectivity index (χ4n) is 3.93. The Morgan fingerprint density at radius 3 is 2.36 bits per heavy atom. The van der Waals surface area contributed by atoms with Gasteiger partial charge < -0.3 is 9.47 Å². The monoisotopic (exact) mass is 380 g/mol. The maximum absolute atomic E-state index is 12.9. The summed E-state index contributed by atoms with van der Waals surface area (Å²) >= 11 is 0. The van der Waals surface area contributed by atoms with Crippen molar-refractivity contribution in [2.45, 2.75) is 13.5 Å². The zero-order valence-electron chi connectivity index (χ0n) is 15.7. The highest BCUT2D eigenvalue weighted by Gasteiger charge is 2.32. The van der Waals surface area contributed by atoms with E-state index in [1.54, 1.807) is 0 Å². The van der Waals surface area contributed by atoms with Crippen LogP contribution in [-0.4, -0.2) is 35.7 Å². The molecule has 3 heterocycles. The molecule has 1 aromatic carbocycles. The van der Waals surface area contributed by atoms with Crippen LogP contribution in [0.25, 0.3) is 10.9 Å². The molecule has 0 radical (unpaired) electrons. The molecule has 1 fully saturated rings. The predicted octanol–water partition coefficient (Wildman–Crippen LogP) is 2.07. The lowest BCUT2D eigenvalue weighted by Crippen LogP contribution is -2.48. The summed E-state index contributed by atoms with van der Waals surface area (Å²) in [5.41, 5.74) is 0.293. The van der Waals surface area contributed by atoms with Crippen molar-refractivity contribution in [3.63, 3.8) is 0 Å². The normalized spacial score (nSPS) is 14.5. The third-order valence-corrected chi connectivity index (χ3v) is 5.25. The molecule has 0 unspecified atom stereocenters. The number of nitro groups is 1. The van der Waals surface area contributed by atoms with E-state index in [0.717, 1.165) is 16.7 Å². The van der Waals surface area contributed by atoms with Crippen molar-refractivity contribution < 1.29 is 9.91 Å². The molecule has 0 aliphatic carbocycles. The van der Waals surface area contributed by atoms with Gasteiger partial charge in [0.05, 0.1) is 29.7 Å². The smallest absolute Gasteiger partial charge is 0.357 e. The fourth-order valence-corrected chi connectivity index (χ4v) is 3.93. The highest BCUT2D eigenvalue weighted by atomic mass is 16.6. The van der Waals surface area contributed by atoms with Gasteiger partial charge in [0.2, 0.25) is 0 Å². The Labute approximate surface area is 161 Å². The zero-order valence-corrected chi connectivity index (χ0v) is 15.7. The lowest BCUT2D eigenvalue weighted by Gasteiger charge is -2.33. The van der Waals surface area contributed by atoms with E-state index >= 15 is 0 Å². The van der Waals surface area contributed by atoms with Crippen molar-refractivity contribution in [2.75, 3.05) is 36.0 Å². The van der Waals surface area contributed by atoms with Gasteiger partial charge in [-0.1, -0.05) is 24.3 Å². The number of hydrogen-bond donors (Lipinski definition) is 0. The molecule has 8 heteroatoms. The molecule has 2 aromatic heterocycles. The van der Waals surface area contributed by atoms with Crippen LogP contribution < -0.4 is 20.3 Å². The van der Waals surface area contributed by atoms with Crippen LogP contribution in [0.1, 0.15) is 6.92 Å². The maximum Gasteiger partial charge on any atom is 0.357 e.